The van der Waals surface area contributed by atoms with Crippen molar-refractivity contribution in [3.8, 4) is 11.5 Å². The molecule has 6 rings (SSSR count). The SMILES string of the molecule is CCOc1cc([C@@H]2c3c(oc4ccc(Cl)cc4c3=O)C(=O)N2c2nccs2)ccc1OCc1ccccc1. The third-order valence-corrected chi connectivity index (χ3v) is 7.28. The van der Waals surface area contributed by atoms with Gasteiger partial charge in [0.1, 0.15) is 12.2 Å². The molecule has 0 fully saturated rings. The molecule has 0 radical (unpaired) electrons. The predicted molar refractivity (Wildman–Crippen MR) is 147 cm³/mol. The Morgan fingerprint density at radius 3 is 2.63 bits per heavy atom. The van der Waals surface area contributed by atoms with Gasteiger partial charge in [-0.25, -0.2) is 4.98 Å². The second-order valence-corrected chi connectivity index (χ2v) is 9.93. The van der Waals surface area contributed by atoms with Crippen molar-refractivity contribution in [2.24, 2.45) is 0 Å². The van der Waals surface area contributed by atoms with Crippen LogP contribution in [0, 0.1) is 0 Å². The molecule has 190 valence electrons. The van der Waals surface area contributed by atoms with Gasteiger partial charge in [-0.2, -0.15) is 0 Å². The average Bonchev–Trinajstić information content (AvgIpc) is 3.56. The molecule has 1 amide bonds. The molecule has 9 heteroatoms. The smallest absolute Gasteiger partial charge is 0.297 e. The van der Waals surface area contributed by atoms with E-state index in [1.807, 2.05) is 43.3 Å². The van der Waals surface area contributed by atoms with Gasteiger partial charge in [-0.15, -0.1) is 11.3 Å². The third-order valence-electron chi connectivity index (χ3n) is 6.28. The van der Waals surface area contributed by atoms with Gasteiger partial charge in [0.2, 0.25) is 5.76 Å². The highest BCUT2D eigenvalue weighted by Gasteiger charge is 2.45. The largest absolute Gasteiger partial charge is 0.490 e. The van der Waals surface area contributed by atoms with E-state index in [1.165, 1.54) is 16.2 Å². The van der Waals surface area contributed by atoms with Gasteiger partial charge >= 0.3 is 0 Å². The van der Waals surface area contributed by atoms with Gasteiger partial charge in [0.15, 0.2) is 22.1 Å². The zero-order chi connectivity index (χ0) is 26.2. The van der Waals surface area contributed by atoms with E-state index in [0.29, 0.717) is 51.4 Å². The minimum atomic E-state index is -0.773. The summed E-state index contributed by atoms with van der Waals surface area (Å²) in [5, 5.41) is 2.94. The van der Waals surface area contributed by atoms with Crippen LogP contribution in [0.15, 0.2) is 87.5 Å². The summed E-state index contributed by atoms with van der Waals surface area (Å²) in [6, 6.07) is 19.3. The zero-order valence-electron chi connectivity index (χ0n) is 20.2. The molecule has 0 N–H and O–H groups in total. The Kier molecular flexibility index (Phi) is 6.35. The molecule has 3 aromatic carbocycles. The first-order chi connectivity index (χ1) is 18.5. The second-order valence-electron chi connectivity index (χ2n) is 8.62. The molecule has 0 spiro atoms. The summed E-state index contributed by atoms with van der Waals surface area (Å²) in [6.07, 6.45) is 1.62. The summed E-state index contributed by atoms with van der Waals surface area (Å²) in [5.41, 5.74) is 1.90. The zero-order valence-corrected chi connectivity index (χ0v) is 21.8. The first kappa shape index (κ1) is 24.2. The topological polar surface area (TPSA) is 81.9 Å². The third kappa shape index (κ3) is 4.21. The number of carbonyl (C=O) groups is 1. The molecule has 5 aromatic rings. The number of carbonyl (C=O) groups excluding carboxylic acids is 1. The molecule has 1 aliphatic heterocycles. The van der Waals surface area contributed by atoms with Crippen LogP contribution in [-0.4, -0.2) is 17.5 Å². The fourth-order valence-electron chi connectivity index (χ4n) is 4.61. The Morgan fingerprint density at radius 1 is 1.03 bits per heavy atom. The summed E-state index contributed by atoms with van der Waals surface area (Å²) >= 11 is 7.49. The van der Waals surface area contributed by atoms with Crippen molar-refractivity contribution in [3.05, 3.63) is 116 Å². The molecule has 1 aliphatic rings. The van der Waals surface area contributed by atoms with Crippen molar-refractivity contribution in [2.75, 3.05) is 11.5 Å². The maximum absolute atomic E-state index is 13.8. The van der Waals surface area contributed by atoms with Crippen molar-refractivity contribution in [3.63, 3.8) is 0 Å². The molecule has 0 bridgehead atoms. The Labute approximate surface area is 226 Å². The molecule has 3 heterocycles. The lowest BCUT2D eigenvalue weighted by Gasteiger charge is -2.23. The molecule has 0 aliphatic carbocycles. The molecule has 2 aromatic heterocycles. The Balaban J connectivity index is 1.49. The molecular formula is C29H21ClN2O5S. The Bertz CT molecular complexity index is 1700. The molecule has 0 saturated carbocycles. The van der Waals surface area contributed by atoms with Crippen LogP contribution < -0.4 is 19.8 Å². The van der Waals surface area contributed by atoms with E-state index in [1.54, 1.807) is 41.9 Å². The van der Waals surface area contributed by atoms with Crippen LogP contribution in [0.3, 0.4) is 0 Å². The number of hydrogen-bond acceptors (Lipinski definition) is 7. The van der Waals surface area contributed by atoms with Gasteiger partial charge in [-0.3, -0.25) is 14.5 Å². The van der Waals surface area contributed by atoms with E-state index in [0.717, 1.165) is 5.56 Å². The van der Waals surface area contributed by atoms with Gasteiger partial charge in [-0.1, -0.05) is 48.0 Å². The van der Waals surface area contributed by atoms with Gasteiger partial charge in [0.05, 0.1) is 23.6 Å². The number of rotatable bonds is 7. The van der Waals surface area contributed by atoms with Crippen LogP contribution in [0.4, 0.5) is 5.13 Å². The van der Waals surface area contributed by atoms with Crippen LogP contribution >= 0.6 is 22.9 Å². The van der Waals surface area contributed by atoms with Gasteiger partial charge in [-0.05, 0) is 48.4 Å². The lowest BCUT2D eigenvalue weighted by atomic mass is 9.98. The van der Waals surface area contributed by atoms with Crippen LogP contribution in [0.2, 0.25) is 5.02 Å². The molecule has 1 atom stereocenters. The van der Waals surface area contributed by atoms with E-state index < -0.39 is 11.9 Å². The second kappa shape index (κ2) is 9.96. The van der Waals surface area contributed by atoms with Crippen molar-refractivity contribution in [1.29, 1.82) is 0 Å². The molecule has 7 nitrogen and oxygen atoms in total. The number of thiazole rings is 1. The minimum absolute atomic E-state index is 0.00705. The lowest BCUT2D eigenvalue weighted by Crippen LogP contribution is -2.29. The number of fused-ring (bicyclic) bond motifs is 2. The normalized spacial score (nSPS) is 14.6. The van der Waals surface area contributed by atoms with E-state index >= 15 is 0 Å². The highest BCUT2D eigenvalue weighted by Crippen LogP contribution is 2.44. The van der Waals surface area contributed by atoms with E-state index in [4.69, 9.17) is 25.5 Å². The molecule has 38 heavy (non-hydrogen) atoms. The molecule has 0 unspecified atom stereocenters. The maximum Gasteiger partial charge on any atom is 0.297 e. The Morgan fingerprint density at radius 2 is 1.87 bits per heavy atom. The van der Waals surface area contributed by atoms with Crippen LogP contribution in [0.1, 0.15) is 40.2 Å². The van der Waals surface area contributed by atoms with Crippen molar-refractivity contribution in [1.82, 2.24) is 4.98 Å². The first-order valence-electron chi connectivity index (χ1n) is 12.0. The fourth-order valence-corrected chi connectivity index (χ4v) is 5.45. The number of anilines is 1. The van der Waals surface area contributed by atoms with Crippen LogP contribution in [-0.2, 0) is 6.61 Å². The molecular weight excluding hydrogens is 524 g/mol. The summed E-state index contributed by atoms with van der Waals surface area (Å²) < 4.78 is 18.0. The minimum Gasteiger partial charge on any atom is -0.490 e. The fraction of sp³-hybridized carbons (Fsp3) is 0.138. The van der Waals surface area contributed by atoms with Gasteiger partial charge in [0, 0.05) is 16.6 Å². The maximum atomic E-state index is 13.8. The highest BCUT2D eigenvalue weighted by atomic mass is 35.5. The van der Waals surface area contributed by atoms with Gasteiger partial charge < -0.3 is 13.9 Å². The van der Waals surface area contributed by atoms with E-state index in [-0.39, 0.29) is 16.8 Å². The number of amides is 1. The van der Waals surface area contributed by atoms with E-state index in [9.17, 15) is 9.59 Å². The highest BCUT2D eigenvalue weighted by molar-refractivity contribution is 7.13. The van der Waals surface area contributed by atoms with Crippen molar-refractivity contribution in [2.45, 2.75) is 19.6 Å². The predicted octanol–water partition coefficient (Wildman–Crippen LogP) is 6.63. The van der Waals surface area contributed by atoms with Crippen LogP contribution in [0.25, 0.3) is 11.0 Å². The molecule has 0 saturated heterocycles. The number of aromatic nitrogens is 1. The summed E-state index contributed by atoms with van der Waals surface area (Å²) in [5.74, 6) is 0.625. The number of nitrogens with zero attached hydrogens (tertiary/aromatic N) is 2. The summed E-state index contributed by atoms with van der Waals surface area (Å²) in [4.78, 5) is 33.3. The Hall–Kier alpha value is -4.14. The summed E-state index contributed by atoms with van der Waals surface area (Å²) in [6.45, 7) is 2.66. The number of hydrogen-bond donors (Lipinski definition) is 0. The standard InChI is InChI=1S/C29H21ClN2O5S/c1-2-35-23-14-18(8-10-22(23)36-16-17-6-4-3-5-7-17)25-24-26(33)20-15-19(30)9-11-21(20)37-27(24)28(34)32(25)29-31-12-13-38-29/h3-15,25H,2,16H2,1H3/t25-/m1/s1. The number of benzene rings is 3. The monoisotopic (exact) mass is 544 g/mol. The van der Waals surface area contributed by atoms with Gasteiger partial charge in [0.25, 0.3) is 5.91 Å². The lowest BCUT2D eigenvalue weighted by molar-refractivity contribution is 0.0971. The van der Waals surface area contributed by atoms with Crippen molar-refractivity contribution >= 4 is 44.9 Å². The van der Waals surface area contributed by atoms with Crippen molar-refractivity contribution < 1.29 is 18.7 Å². The van der Waals surface area contributed by atoms with Crippen LogP contribution in [0.5, 0.6) is 11.5 Å². The number of halogens is 1. The van der Waals surface area contributed by atoms with E-state index in [2.05, 4.69) is 4.98 Å². The quantitative estimate of drug-likeness (QED) is 0.229. The first-order valence-corrected chi connectivity index (χ1v) is 13.2. The number of ether oxygens (including phenoxy) is 2. The summed E-state index contributed by atoms with van der Waals surface area (Å²) in [7, 11) is 0. The average molecular weight is 545 g/mol.